The summed E-state index contributed by atoms with van der Waals surface area (Å²) in [4.78, 5) is 4.49. The summed E-state index contributed by atoms with van der Waals surface area (Å²) in [6.45, 7) is 4.70. The molecule has 0 unspecified atom stereocenters. The van der Waals surface area contributed by atoms with Crippen molar-refractivity contribution in [3.8, 4) is 0 Å². The highest BCUT2D eigenvalue weighted by molar-refractivity contribution is 5.27. The quantitative estimate of drug-likeness (QED) is 0.804. The number of allylic oxidation sites excluding steroid dienone is 3. The Labute approximate surface area is 153 Å². The van der Waals surface area contributed by atoms with Crippen molar-refractivity contribution in [3.63, 3.8) is 0 Å². The molecule has 3 rings (SSSR count). The largest absolute Gasteiger partial charge is 0.385 e. The van der Waals surface area contributed by atoms with Crippen LogP contribution in [0.15, 0.2) is 53.9 Å². The lowest BCUT2D eigenvalue weighted by Crippen LogP contribution is -2.19. The highest BCUT2D eigenvalue weighted by Crippen LogP contribution is 2.18. The Bertz CT molecular complexity index is 813. The maximum atomic E-state index is 13.9. The Balaban J connectivity index is 1.55. The van der Waals surface area contributed by atoms with Crippen molar-refractivity contribution in [3.05, 3.63) is 87.9 Å². The van der Waals surface area contributed by atoms with Gasteiger partial charge < -0.3 is 5.32 Å². The fraction of sp³-hybridized carbons (Fsp3) is 0.318. The van der Waals surface area contributed by atoms with Crippen molar-refractivity contribution >= 4 is 0 Å². The number of aryl methyl sites for hydroxylation is 3. The van der Waals surface area contributed by atoms with Gasteiger partial charge in [-0.25, -0.2) is 8.78 Å². The molecule has 2 heterocycles. The second-order valence-electron chi connectivity index (χ2n) is 6.92. The van der Waals surface area contributed by atoms with Crippen molar-refractivity contribution in [2.24, 2.45) is 0 Å². The Morgan fingerprint density at radius 2 is 1.73 bits per heavy atom. The standard InChI is InChI=1S/C22H24F2N2/c1-15-3-6-18(25-13-15)8-9-19-7-4-17(14-26-19)5-10-20-21(23)11-16(2)12-22(20)24/h3-4,6-7,11-12,14,25H,5,8-10,13H2,1-2H3. The van der Waals surface area contributed by atoms with Gasteiger partial charge in [-0.3, -0.25) is 4.98 Å². The Morgan fingerprint density at radius 3 is 2.35 bits per heavy atom. The Morgan fingerprint density at radius 1 is 0.962 bits per heavy atom. The average molecular weight is 354 g/mol. The van der Waals surface area contributed by atoms with E-state index in [1.54, 1.807) is 6.92 Å². The zero-order chi connectivity index (χ0) is 18.5. The molecule has 0 aliphatic carbocycles. The van der Waals surface area contributed by atoms with Crippen LogP contribution in [0, 0.1) is 18.6 Å². The first-order chi connectivity index (χ1) is 12.5. The fourth-order valence-corrected chi connectivity index (χ4v) is 3.04. The maximum absolute atomic E-state index is 13.9. The van der Waals surface area contributed by atoms with Crippen LogP contribution in [-0.4, -0.2) is 11.5 Å². The number of pyridine rings is 1. The molecule has 1 N–H and O–H groups in total. The second-order valence-corrected chi connectivity index (χ2v) is 6.92. The number of rotatable bonds is 6. The first kappa shape index (κ1) is 18.3. The Kier molecular flexibility index (Phi) is 5.82. The molecule has 26 heavy (non-hydrogen) atoms. The van der Waals surface area contributed by atoms with E-state index >= 15 is 0 Å². The van der Waals surface area contributed by atoms with Crippen molar-refractivity contribution in [1.82, 2.24) is 10.3 Å². The summed E-state index contributed by atoms with van der Waals surface area (Å²) in [5.74, 6) is -0.936. The van der Waals surface area contributed by atoms with Gasteiger partial charge in [0.25, 0.3) is 0 Å². The van der Waals surface area contributed by atoms with Gasteiger partial charge >= 0.3 is 0 Å². The highest BCUT2D eigenvalue weighted by Gasteiger charge is 2.10. The van der Waals surface area contributed by atoms with Crippen LogP contribution >= 0.6 is 0 Å². The lowest BCUT2D eigenvalue weighted by molar-refractivity contribution is 0.552. The number of nitrogens with zero attached hydrogens (tertiary/aromatic N) is 1. The summed E-state index contributed by atoms with van der Waals surface area (Å²) in [7, 11) is 0. The molecule has 2 nitrogen and oxygen atoms in total. The van der Waals surface area contributed by atoms with Crippen LogP contribution in [0.5, 0.6) is 0 Å². The van der Waals surface area contributed by atoms with Gasteiger partial charge in [0, 0.05) is 29.7 Å². The van der Waals surface area contributed by atoms with E-state index in [0.717, 1.165) is 30.6 Å². The zero-order valence-corrected chi connectivity index (χ0v) is 15.3. The smallest absolute Gasteiger partial charge is 0.129 e. The van der Waals surface area contributed by atoms with Gasteiger partial charge in [-0.2, -0.15) is 0 Å². The molecule has 0 fully saturated rings. The third-order valence-corrected chi connectivity index (χ3v) is 4.65. The maximum Gasteiger partial charge on any atom is 0.129 e. The van der Waals surface area contributed by atoms with Crippen LogP contribution in [0.3, 0.4) is 0 Å². The van der Waals surface area contributed by atoms with Crippen LogP contribution in [0.1, 0.15) is 35.7 Å². The average Bonchev–Trinajstić information content (AvgIpc) is 2.61. The molecule has 0 saturated carbocycles. The van der Waals surface area contributed by atoms with Crippen LogP contribution in [0.4, 0.5) is 8.78 Å². The van der Waals surface area contributed by atoms with Crippen molar-refractivity contribution < 1.29 is 8.78 Å². The van der Waals surface area contributed by atoms with E-state index in [0.29, 0.717) is 18.4 Å². The summed E-state index contributed by atoms with van der Waals surface area (Å²) in [6, 6.07) is 6.76. The third-order valence-electron chi connectivity index (χ3n) is 4.65. The minimum atomic E-state index is -0.468. The van der Waals surface area contributed by atoms with Gasteiger partial charge in [-0.1, -0.05) is 17.7 Å². The lowest BCUT2D eigenvalue weighted by Gasteiger charge is -2.15. The number of dihydropyridines is 1. The van der Waals surface area contributed by atoms with Crippen LogP contribution in [-0.2, 0) is 19.3 Å². The van der Waals surface area contributed by atoms with Crippen LogP contribution in [0.25, 0.3) is 0 Å². The first-order valence-corrected chi connectivity index (χ1v) is 9.00. The topological polar surface area (TPSA) is 24.9 Å². The molecule has 2 aromatic rings. The van der Waals surface area contributed by atoms with E-state index in [4.69, 9.17) is 0 Å². The first-order valence-electron chi connectivity index (χ1n) is 9.00. The molecule has 0 atom stereocenters. The number of nitrogens with one attached hydrogen (secondary N) is 1. The van der Waals surface area contributed by atoms with E-state index in [-0.39, 0.29) is 5.56 Å². The van der Waals surface area contributed by atoms with E-state index in [9.17, 15) is 8.78 Å². The molecule has 0 amide bonds. The van der Waals surface area contributed by atoms with Crippen LogP contribution < -0.4 is 5.32 Å². The molecule has 0 bridgehead atoms. The molecule has 4 heteroatoms. The summed E-state index contributed by atoms with van der Waals surface area (Å²) in [6.07, 6.45) is 8.78. The summed E-state index contributed by atoms with van der Waals surface area (Å²) < 4.78 is 27.8. The summed E-state index contributed by atoms with van der Waals surface area (Å²) in [5, 5.41) is 3.40. The van der Waals surface area contributed by atoms with Gasteiger partial charge in [0.05, 0.1) is 0 Å². The zero-order valence-electron chi connectivity index (χ0n) is 15.3. The molecule has 0 radical (unpaired) electrons. The minimum Gasteiger partial charge on any atom is -0.385 e. The van der Waals surface area contributed by atoms with Gasteiger partial charge in [-0.15, -0.1) is 0 Å². The van der Waals surface area contributed by atoms with Gasteiger partial charge in [0.15, 0.2) is 0 Å². The van der Waals surface area contributed by atoms with E-state index in [1.807, 2.05) is 18.3 Å². The normalized spacial score (nSPS) is 13.8. The summed E-state index contributed by atoms with van der Waals surface area (Å²) >= 11 is 0. The van der Waals surface area contributed by atoms with Gasteiger partial charge in [0.2, 0.25) is 0 Å². The predicted octanol–water partition coefficient (Wildman–Crippen LogP) is 4.82. The number of hydrogen-bond donors (Lipinski definition) is 1. The number of hydrogen-bond acceptors (Lipinski definition) is 2. The molecular formula is C22H24F2N2. The minimum absolute atomic E-state index is 0.151. The fourth-order valence-electron chi connectivity index (χ4n) is 3.04. The molecule has 1 aromatic carbocycles. The lowest BCUT2D eigenvalue weighted by atomic mass is 10.0. The molecular weight excluding hydrogens is 330 g/mol. The SMILES string of the molecule is CC1=CC=C(CCc2ccc(CCc3c(F)cc(C)cc3F)cn2)NC1. The van der Waals surface area contributed by atoms with Crippen LogP contribution in [0.2, 0.25) is 0 Å². The molecule has 1 aliphatic heterocycles. The number of aromatic nitrogens is 1. The molecule has 136 valence electrons. The predicted molar refractivity (Wildman–Crippen MR) is 101 cm³/mol. The van der Waals surface area contributed by atoms with E-state index in [1.165, 1.54) is 23.4 Å². The molecule has 1 aliphatic rings. The second kappa shape index (κ2) is 8.26. The molecule has 1 aromatic heterocycles. The van der Waals surface area contributed by atoms with Gasteiger partial charge in [-0.05, 0) is 74.9 Å². The number of benzene rings is 1. The van der Waals surface area contributed by atoms with E-state index in [2.05, 4.69) is 29.4 Å². The van der Waals surface area contributed by atoms with Gasteiger partial charge in [0.1, 0.15) is 11.6 Å². The van der Waals surface area contributed by atoms with Crippen molar-refractivity contribution in [2.75, 3.05) is 6.54 Å². The summed E-state index contributed by atoms with van der Waals surface area (Å²) in [5.41, 5.74) is 5.32. The van der Waals surface area contributed by atoms with Crippen molar-refractivity contribution in [2.45, 2.75) is 39.5 Å². The number of halogens is 2. The Hall–Kier alpha value is -2.49. The molecule has 0 spiro atoms. The monoisotopic (exact) mass is 354 g/mol. The molecule has 0 saturated heterocycles. The highest BCUT2D eigenvalue weighted by atomic mass is 19.1. The van der Waals surface area contributed by atoms with Crippen molar-refractivity contribution in [1.29, 1.82) is 0 Å². The third kappa shape index (κ3) is 4.78. The van der Waals surface area contributed by atoms with E-state index < -0.39 is 11.6 Å².